The number of carbonyl (C=O) groups excluding carboxylic acids is 3. The Hall–Kier alpha value is -2.61. The Morgan fingerprint density at radius 1 is 1.31 bits per heavy atom. The van der Waals surface area contributed by atoms with Crippen LogP contribution in [-0.4, -0.2) is 61.7 Å². The number of carbonyl (C=O) groups is 3. The number of esters is 1. The SMILES string of the molecule is CCCC(=O)Nc1ccc2c(c1)C(=O)N(C)[C@H]1CC[C@@H](CC(=O)OC)O[C@H]1CO2. The molecule has 0 spiro atoms. The second-order valence-electron chi connectivity index (χ2n) is 7.46. The summed E-state index contributed by atoms with van der Waals surface area (Å²) in [6.45, 7) is 2.21. The zero-order valence-electron chi connectivity index (χ0n) is 17.1. The van der Waals surface area contributed by atoms with Crippen molar-refractivity contribution in [1.82, 2.24) is 4.90 Å². The Bertz CT molecular complexity index is 780. The van der Waals surface area contributed by atoms with Crippen molar-refractivity contribution in [2.45, 2.75) is 57.3 Å². The minimum absolute atomic E-state index is 0.0857. The van der Waals surface area contributed by atoms with Crippen molar-refractivity contribution in [2.24, 2.45) is 0 Å². The molecule has 29 heavy (non-hydrogen) atoms. The van der Waals surface area contributed by atoms with Crippen molar-refractivity contribution in [2.75, 3.05) is 26.1 Å². The average molecular weight is 404 g/mol. The molecular formula is C21H28N2O6. The Morgan fingerprint density at radius 3 is 2.83 bits per heavy atom. The molecule has 2 aliphatic rings. The quantitative estimate of drug-likeness (QED) is 0.758. The number of benzene rings is 1. The molecule has 0 saturated carbocycles. The lowest BCUT2D eigenvalue weighted by atomic mass is 9.94. The molecule has 1 aromatic carbocycles. The molecule has 1 fully saturated rings. The summed E-state index contributed by atoms with van der Waals surface area (Å²) in [7, 11) is 3.11. The normalized spacial score (nSPS) is 23.8. The number of hydrogen-bond acceptors (Lipinski definition) is 6. The van der Waals surface area contributed by atoms with E-state index in [0.717, 1.165) is 6.42 Å². The number of likely N-dealkylation sites (N-methyl/N-ethyl adjacent to an activating group) is 1. The van der Waals surface area contributed by atoms with Gasteiger partial charge in [-0.05, 0) is 37.5 Å². The zero-order chi connectivity index (χ0) is 21.0. The predicted molar refractivity (Wildman–Crippen MR) is 106 cm³/mol. The Morgan fingerprint density at radius 2 is 2.10 bits per heavy atom. The molecular weight excluding hydrogens is 376 g/mol. The summed E-state index contributed by atoms with van der Waals surface area (Å²) in [6, 6.07) is 4.92. The molecule has 8 nitrogen and oxygen atoms in total. The number of hydrogen-bond donors (Lipinski definition) is 1. The summed E-state index contributed by atoms with van der Waals surface area (Å²) >= 11 is 0. The van der Waals surface area contributed by atoms with Crippen molar-refractivity contribution in [3.63, 3.8) is 0 Å². The fourth-order valence-corrected chi connectivity index (χ4v) is 3.83. The number of anilines is 1. The third kappa shape index (κ3) is 4.87. The van der Waals surface area contributed by atoms with Gasteiger partial charge >= 0.3 is 5.97 Å². The highest BCUT2D eigenvalue weighted by molar-refractivity contribution is 5.99. The predicted octanol–water partition coefficient (Wildman–Crippen LogP) is 2.37. The van der Waals surface area contributed by atoms with Gasteiger partial charge in [-0.25, -0.2) is 0 Å². The summed E-state index contributed by atoms with van der Waals surface area (Å²) in [4.78, 5) is 38.2. The van der Waals surface area contributed by atoms with Gasteiger partial charge in [-0.1, -0.05) is 6.92 Å². The van der Waals surface area contributed by atoms with Crippen LogP contribution in [0.25, 0.3) is 0 Å². The van der Waals surface area contributed by atoms with Crippen molar-refractivity contribution in [1.29, 1.82) is 0 Å². The second-order valence-corrected chi connectivity index (χ2v) is 7.46. The highest BCUT2D eigenvalue weighted by Crippen LogP contribution is 2.32. The summed E-state index contributed by atoms with van der Waals surface area (Å²) in [5, 5.41) is 2.82. The van der Waals surface area contributed by atoms with Crippen LogP contribution in [0.4, 0.5) is 5.69 Å². The molecule has 0 aliphatic carbocycles. The Labute approximate surface area is 170 Å². The largest absolute Gasteiger partial charge is 0.490 e. The Balaban J connectivity index is 1.77. The maximum Gasteiger partial charge on any atom is 0.308 e. The molecule has 3 rings (SSSR count). The molecule has 0 radical (unpaired) electrons. The summed E-state index contributed by atoms with van der Waals surface area (Å²) in [6.07, 6.45) is 2.16. The molecule has 3 atom stereocenters. The van der Waals surface area contributed by atoms with Gasteiger partial charge < -0.3 is 24.4 Å². The van der Waals surface area contributed by atoms with E-state index >= 15 is 0 Å². The van der Waals surface area contributed by atoms with Crippen molar-refractivity contribution < 1.29 is 28.6 Å². The molecule has 158 valence electrons. The van der Waals surface area contributed by atoms with Crippen molar-refractivity contribution in [3.8, 4) is 5.75 Å². The van der Waals surface area contributed by atoms with E-state index in [-0.39, 0.29) is 49.1 Å². The summed E-state index contributed by atoms with van der Waals surface area (Å²) in [5.74, 6) is -0.131. The van der Waals surface area contributed by atoms with Crippen LogP contribution in [0.2, 0.25) is 0 Å². The summed E-state index contributed by atoms with van der Waals surface area (Å²) < 4.78 is 16.7. The first kappa shape index (κ1) is 21.1. The lowest BCUT2D eigenvalue weighted by Crippen LogP contribution is -2.53. The van der Waals surface area contributed by atoms with Crippen LogP contribution in [0.5, 0.6) is 5.75 Å². The van der Waals surface area contributed by atoms with Gasteiger partial charge in [0.15, 0.2) is 0 Å². The number of nitrogens with one attached hydrogen (secondary N) is 1. The van der Waals surface area contributed by atoms with Crippen LogP contribution in [0, 0.1) is 0 Å². The fourth-order valence-electron chi connectivity index (χ4n) is 3.83. The maximum absolute atomic E-state index is 13.1. The molecule has 1 saturated heterocycles. The van der Waals surface area contributed by atoms with E-state index in [1.165, 1.54) is 7.11 Å². The number of nitrogens with zero attached hydrogens (tertiary/aromatic N) is 1. The lowest BCUT2D eigenvalue weighted by Gasteiger charge is -2.42. The number of amides is 2. The topological polar surface area (TPSA) is 94.2 Å². The van der Waals surface area contributed by atoms with E-state index in [0.29, 0.717) is 36.3 Å². The van der Waals surface area contributed by atoms with Crippen LogP contribution in [0.1, 0.15) is 49.4 Å². The van der Waals surface area contributed by atoms with E-state index < -0.39 is 0 Å². The third-order valence-corrected chi connectivity index (χ3v) is 5.39. The monoisotopic (exact) mass is 404 g/mol. The smallest absolute Gasteiger partial charge is 0.308 e. The number of methoxy groups -OCH3 is 1. The van der Waals surface area contributed by atoms with E-state index in [1.54, 1.807) is 30.1 Å². The van der Waals surface area contributed by atoms with Gasteiger partial charge in [0, 0.05) is 19.2 Å². The lowest BCUT2D eigenvalue weighted by molar-refractivity contribution is -0.151. The first-order chi connectivity index (χ1) is 13.9. The molecule has 1 aromatic rings. The first-order valence-electron chi connectivity index (χ1n) is 9.99. The minimum atomic E-state index is -0.329. The van der Waals surface area contributed by atoms with Crippen molar-refractivity contribution in [3.05, 3.63) is 23.8 Å². The molecule has 8 heteroatoms. The van der Waals surface area contributed by atoms with Crippen LogP contribution in [0.15, 0.2) is 18.2 Å². The van der Waals surface area contributed by atoms with Crippen LogP contribution in [-0.2, 0) is 19.1 Å². The first-order valence-corrected chi connectivity index (χ1v) is 9.99. The number of ether oxygens (including phenoxy) is 3. The minimum Gasteiger partial charge on any atom is -0.490 e. The molecule has 1 N–H and O–H groups in total. The van der Waals surface area contributed by atoms with Gasteiger partial charge in [0.1, 0.15) is 18.5 Å². The molecule has 0 bridgehead atoms. The van der Waals surface area contributed by atoms with E-state index in [2.05, 4.69) is 5.32 Å². The van der Waals surface area contributed by atoms with Gasteiger partial charge in [0.05, 0.1) is 31.2 Å². The fraction of sp³-hybridized carbons (Fsp3) is 0.571. The van der Waals surface area contributed by atoms with Crippen LogP contribution < -0.4 is 10.1 Å². The highest BCUT2D eigenvalue weighted by Gasteiger charge is 2.39. The van der Waals surface area contributed by atoms with Crippen molar-refractivity contribution >= 4 is 23.5 Å². The van der Waals surface area contributed by atoms with Crippen LogP contribution >= 0.6 is 0 Å². The van der Waals surface area contributed by atoms with Gasteiger partial charge in [-0.15, -0.1) is 0 Å². The Kier molecular flexibility index (Phi) is 6.74. The molecule has 0 unspecified atom stereocenters. The van der Waals surface area contributed by atoms with Gasteiger partial charge in [0.2, 0.25) is 5.91 Å². The summed E-state index contributed by atoms with van der Waals surface area (Å²) in [5.41, 5.74) is 0.986. The standard InChI is InChI=1S/C21H28N2O6/c1-4-5-19(24)22-13-6-9-17-15(10-13)21(26)23(2)16-8-7-14(11-20(25)27-3)29-18(16)12-28-17/h6,9-10,14,16,18H,4-5,7-8,11-12H2,1-3H3,(H,22,24)/t14-,16-,18-/m0/s1. The average Bonchev–Trinajstić information content (AvgIpc) is 2.71. The molecule has 2 amide bonds. The van der Waals surface area contributed by atoms with E-state index in [4.69, 9.17) is 14.2 Å². The number of fused-ring (bicyclic) bond motifs is 2. The van der Waals surface area contributed by atoms with Gasteiger partial charge in [-0.3, -0.25) is 14.4 Å². The van der Waals surface area contributed by atoms with E-state index in [1.807, 2.05) is 6.92 Å². The highest BCUT2D eigenvalue weighted by atomic mass is 16.5. The van der Waals surface area contributed by atoms with Gasteiger partial charge in [0.25, 0.3) is 5.91 Å². The van der Waals surface area contributed by atoms with Crippen LogP contribution in [0.3, 0.4) is 0 Å². The van der Waals surface area contributed by atoms with Gasteiger partial charge in [-0.2, -0.15) is 0 Å². The number of rotatable bonds is 5. The maximum atomic E-state index is 13.1. The van der Waals surface area contributed by atoms with E-state index in [9.17, 15) is 14.4 Å². The third-order valence-electron chi connectivity index (χ3n) is 5.39. The molecule has 0 aromatic heterocycles. The molecule has 2 heterocycles. The zero-order valence-corrected chi connectivity index (χ0v) is 17.1. The second kappa shape index (κ2) is 9.26. The molecule has 2 aliphatic heterocycles.